The van der Waals surface area contributed by atoms with Crippen molar-refractivity contribution in [3.8, 4) is 0 Å². The molecule has 0 radical (unpaired) electrons. The second kappa shape index (κ2) is 9.12. The fourth-order valence-electron chi connectivity index (χ4n) is 2.38. The Balaban J connectivity index is 1.47. The number of aryl methyl sites for hydroxylation is 2. The molecule has 2 N–H and O–H groups in total. The number of amides is 2. The summed E-state index contributed by atoms with van der Waals surface area (Å²) in [6.07, 6.45) is 0. The van der Waals surface area contributed by atoms with Gasteiger partial charge in [-0.2, -0.15) is 0 Å². The minimum absolute atomic E-state index is 0.122. The zero-order valence-electron chi connectivity index (χ0n) is 14.8. The van der Waals surface area contributed by atoms with E-state index in [2.05, 4.69) is 26.9 Å². The zero-order valence-corrected chi connectivity index (χ0v) is 17.3. The van der Waals surface area contributed by atoms with Crippen LogP contribution in [0.15, 0.2) is 40.1 Å². The van der Waals surface area contributed by atoms with Gasteiger partial charge in [0.05, 0.1) is 6.54 Å². The molecule has 6 nitrogen and oxygen atoms in total. The molecule has 9 heteroatoms. The summed E-state index contributed by atoms with van der Waals surface area (Å²) in [6, 6.07) is 9.66. The molecule has 0 atom stereocenters. The van der Waals surface area contributed by atoms with E-state index in [9.17, 15) is 9.59 Å². The van der Waals surface area contributed by atoms with Gasteiger partial charge in [-0.25, -0.2) is 0 Å². The topological polar surface area (TPSA) is 84.0 Å². The average Bonchev–Trinajstić information content (AvgIpc) is 3.28. The SMILES string of the molecule is Cc1cc(C)cc(C(=O)NCC(=O)Nc2nnc(SCc3cccs3)s2)c1. The second-order valence-electron chi connectivity index (χ2n) is 5.85. The van der Waals surface area contributed by atoms with Gasteiger partial charge in [-0.05, 0) is 37.4 Å². The molecular formula is C18H18N4O2S3. The fraction of sp³-hybridized carbons (Fsp3) is 0.222. The Morgan fingerprint density at radius 1 is 1.15 bits per heavy atom. The van der Waals surface area contributed by atoms with Crippen LogP contribution < -0.4 is 10.6 Å². The number of carbonyl (C=O) groups is 2. The van der Waals surface area contributed by atoms with Gasteiger partial charge in [0.1, 0.15) is 0 Å². The van der Waals surface area contributed by atoms with Crippen LogP contribution >= 0.6 is 34.4 Å². The molecule has 0 aliphatic heterocycles. The molecule has 27 heavy (non-hydrogen) atoms. The van der Waals surface area contributed by atoms with Crippen LogP contribution in [0.4, 0.5) is 5.13 Å². The predicted molar refractivity (Wildman–Crippen MR) is 111 cm³/mol. The summed E-state index contributed by atoms with van der Waals surface area (Å²) in [5.74, 6) is 0.215. The molecule has 0 saturated carbocycles. The monoisotopic (exact) mass is 418 g/mol. The van der Waals surface area contributed by atoms with Crippen molar-refractivity contribution >= 4 is 51.4 Å². The molecule has 0 aliphatic rings. The molecule has 0 aliphatic carbocycles. The molecule has 2 amide bonds. The number of hydrogen-bond acceptors (Lipinski definition) is 7. The average molecular weight is 419 g/mol. The van der Waals surface area contributed by atoms with E-state index in [1.165, 1.54) is 16.2 Å². The molecule has 0 saturated heterocycles. The highest BCUT2D eigenvalue weighted by Gasteiger charge is 2.12. The lowest BCUT2D eigenvalue weighted by molar-refractivity contribution is -0.115. The second-order valence-corrected chi connectivity index (χ2v) is 9.08. The van der Waals surface area contributed by atoms with E-state index in [1.807, 2.05) is 31.4 Å². The first-order valence-electron chi connectivity index (χ1n) is 8.14. The molecule has 140 valence electrons. The minimum Gasteiger partial charge on any atom is -0.343 e. The van der Waals surface area contributed by atoms with Crippen LogP contribution in [0.25, 0.3) is 0 Å². The Morgan fingerprint density at radius 3 is 2.63 bits per heavy atom. The first-order chi connectivity index (χ1) is 13.0. The van der Waals surface area contributed by atoms with Crippen molar-refractivity contribution < 1.29 is 9.59 Å². The smallest absolute Gasteiger partial charge is 0.251 e. The number of anilines is 1. The van der Waals surface area contributed by atoms with Gasteiger partial charge >= 0.3 is 0 Å². The Hall–Kier alpha value is -2.23. The van der Waals surface area contributed by atoms with Crippen molar-refractivity contribution in [2.75, 3.05) is 11.9 Å². The largest absolute Gasteiger partial charge is 0.343 e. The van der Waals surface area contributed by atoms with Gasteiger partial charge in [-0.15, -0.1) is 21.5 Å². The number of nitrogens with zero attached hydrogens (tertiary/aromatic N) is 2. The summed E-state index contributed by atoms with van der Waals surface area (Å²) in [5.41, 5.74) is 2.56. The van der Waals surface area contributed by atoms with Crippen molar-refractivity contribution in [2.45, 2.75) is 23.9 Å². The molecular weight excluding hydrogens is 400 g/mol. The number of aromatic nitrogens is 2. The number of hydrogen-bond donors (Lipinski definition) is 2. The van der Waals surface area contributed by atoms with Crippen LogP contribution in [0.5, 0.6) is 0 Å². The van der Waals surface area contributed by atoms with E-state index in [1.54, 1.807) is 35.2 Å². The van der Waals surface area contributed by atoms with Crippen molar-refractivity contribution in [1.29, 1.82) is 0 Å². The van der Waals surface area contributed by atoms with Crippen LogP contribution in [-0.2, 0) is 10.5 Å². The molecule has 0 unspecified atom stereocenters. The molecule has 0 bridgehead atoms. The lowest BCUT2D eigenvalue weighted by atomic mass is 10.1. The summed E-state index contributed by atoms with van der Waals surface area (Å²) < 4.78 is 0.790. The number of thiophene rings is 1. The summed E-state index contributed by atoms with van der Waals surface area (Å²) in [7, 11) is 0. The van der Waals surface area contributed by atoms with Crippen LogP contribution in [0.1, 0.15) is 26.4 Å². The van der Waals surface area contributed by atoms with Crippen molar-refractivity contribution in [3.63, 3.8) is 0 Å². The normalized spacial score (nSPS) is 10.6. The maximum absolute atomic E-state index is 12.2. The lowest BCUT2D eigenvalue weighted by Gasteiger charge is -2.06. The van der Waals surface area contributed by atoms with Gasteiger partial charge in [-0.1, -0.05) is 46.4 Å². The van der Waals surface area contributed by atoms with Gasteiger partial charge in [0, 0.05) is 16.2 Å². The number of rotatable bonds is 7. The van der Waals surface area contributed by atoms with E-state index in [-0.39, 0.29) is 18.4 Å². The van der Waals surface area contributed by atoms with Gasteiger partial charge in [-0.3, -0.25) is 14.9 Å². The number of nitrogens with one attached hydrogen (secondary N) is 2. The zero-order chi connectivity index (χ0) is 19.2. The maximum atomic E-state index is 12.2. The minimum atomic E-state index is -0.335. The van der Waals surface area contributed by atoms with Gasteiger partial charge in [0.2, 0.25) is 11.0 Å². The highest BCUT2D eigenvalue weighted by Crippen LogP contribution is 2.29. The van der Waals surface area contributed by atoms with Crippen LogP contribution in [-0.4, -0.2) is 28.6 Å². The van der Waals surface area contributed by atoms with Crippen LogP contribution in [0.3, 0.4) is 0 Å². The van der Waals surface area contributed by atoms with Crippen LogP contribution in [0.2, 0.25) is 0 Å². The van der Waals surface area contributed by atoms with Crippen molar-refractivity contribution in [2.24, 2.45) is 0 Å². The molecule has 2 aromatic heterocycles. The van der Waals surface area contributed by atoms with Gasteiger partial charge in [0.15, 0.2) is 4.34 Å². The summed E-state index contributed by atoms with van der Waals surface area (Å²) >= 11 is 4.59. The van der Waals surface area contributed by atoms with E-state index < -0.39 is 0 Å². The van der Waals surface area contributed by atoms with Gasteiger partial charge in [0.25, 0.3) is 5.91 Å². The molecule has 1 aromatic carbocycles. The van der Waals surface area contributed by atoms with E-state index >= 15 is 0 Å². The van der Waals surface area contributed by atoms with Crippen molar-refractivity contribution in [3.05, 3.63) is 57.3 Å². The third-order valence-electron chi connectivity index (χ3n) is 3.46. The Labute approximate surface area is 169 Å². The van der Waals surface area contributed by atoms with E-state index in [0.717, 1.165) is 21.2 Å². The Kier molecular flexibility index (Phi) is 6.59. The Bertz CT molecular complexity index is 918. The predicted octanol–water partition coefficient (Wildman–Crippen LogP) is 3.88. The molecule has 3 aromatic rings. The quantitative estimate of drug-likeness (QED) is 0.449. The third-order valence-corrected chi connectivity index (χ3v) is 6.54. The van der Waals surface area contributed by atoms with Crippen LogP contribution in [0, 0.1) is 13.8 Å². The summed E-state index contributed by atoms with van der Waals surface area (Å²) in [4.78, 5) is 25.5. The van der Waals surface area contributed by atoms with E-state index in [4.69, 9.17) is 0 Å². The number of thioether (sulfide) groups is 1. The standard InChI is InChI=1S/C18H18N4O2S3/c1-11-6-12(2)8-13(7-11)16(24)19-9-15(23)20-17-21-22-18(27-17)26-10-14-4-3-5-25-14/h3-8H,9-10H2,1-2H3,(H,19,24)(H,20,21,23). The lowest BCUT2D eigenvalue weighted by Crippen LogP contribution is -2.32. The fourth-order valence-corrected chi connectivity index (χ4v) is 4.92. The third kappa shape index (κ3) is 5.88. The highest BCUT2D eigenvalue weighted by molar-refractivity contribution is 8.00. The number of benzene rings is 1. The first kappa shape index (κ1) is 19.5. The van der Waals surface area contributed by atoms with E-state index in [0.29, 0.717) is 10.7 Å². The molecule has 0 spiro atoms. The Morgan fingerprint density at radius 2 is 1.93 bits per heavy atom. The first-order valence-corrected chi connectivity index (χ1v) is 10.8. The van der Waals surface area contributed by atoms with Crippen molar-refractivity contribution in [1.82, 2.24) is 15.5 Å². The molecule has 0 fully saturated rings. The van der Waals surface area contributed by atoms with Gasteiger partial charge < -0.3 is 5.32 Å². The molecule has 3 rings (SSSR count). The highest BCUT2D eigenvalue weighted by atomic mass is 32.2. The summed E-state index contributed by atoms with van der Waals surface area (Å²) in [5, 5.41) is 15.8. The number of carbonyl (C=O) groups excluding carboxylic acids is 2. The maximum Gasteiger partial charge on any atom is 0.251 e. The molecule has 2 heterocycles. The summed E-state index contributed by atoms with van der Waals surface area (Å²) in [6.45, 7) is 3.74.